The van der Waals surface area contributed by atoms with Crippen molar-refractivity contribution in [3.63, 3.8) is 0 Å². The van der Waals surface area contributed by atoms with Gasteiger partial charge in [0.25, 0.3) is 0 Å². The lowest BCUT2D eigenvalue weighted by Crippen LogP contribution is -2.44. The maximum atomic E-state index is 11.3. The van der Waals surface area contributed by atoms with E-state index in [4.69, 9.17) is 0 Å². The summed E-state index contributed by atoms with van der Waals surface area (Å²) in [5.41, 5.74) is 1.92. The molecule has 2 saturated heterocycles. The first-order chi connectivity index (χ1) is 15.8. The maximum Gasteiger partial charge on any atom is 0.150 e. The van der Waals surface area contributed by atoms with Gasteiger partial charge in [0.05, 0.1) is 0 Å². The number of piperidine rings is 1. The number of aldehydes is 1. The number of benzene rings is 1. The third kappa shape index (κ3) is 4.44. The van der Waals surface area contributed by atoms with Crippen LogP contribution in [0.3, 0.4) is 0 Å². The Balaban J connectivity index is 1.21. The van der Waals surface area contributed by atoms with Crippen molar-refractivity contribution < 1.29 is 9.90 Å². The summed E-state index contributed by atoms with van der Waals surface area (Å²) >= 11 is 0. The summed E-state index contributed by atoms with van der Waals surface area (Å²) in [7, 11) is 0. The molecule has 0 aromatic heterocycles. The molecule has 4 nitrogen and oxygen atoms in total. The number of rotatable bonds is 9. The average molecular weight is 453 g/mol. The molecule has 7 unspecified atom stereocenters. The fourth-order valence-electron chi connectivity index (χ4n) is 7.80. The Morgan fingerprint density at radius 2 is 1.88 bits per heavy atom. The maximum absolute atomic E-state index is 11.3. The number of nitrogens with one attached hydrogen (secondary N) is 1. The Kier molecular flexibility index (Phi) is 6.48. The standard InChI is InChI=1S/C29H44N2O2/c1-20(2)6-7-23-14-27(28(16-23)12-4-5-13-28)30-17-25-15-26(31-19-29(25,31)33)21(3)24-10-8-22(18-32)9-11-24/h8-11,18,20-21,23,25-27,30,33H,4-7,12-17,19H2,1-3H3. The highest BCUT2D eigenvalue weighted by Gasteiger charge is 2.65. The van der Waals surface area contributed by atoms with Gasteiger partial charge in [-0.25, -0.2) is 0 Å². The molecule has 5 rings (SSSR count). The van der Waals surface area contributed by atoms with Crippen molar-refractivity contribution in [2.45, 2.75) is 102 Å². The van der Waals surface area contributed by atoms with Gasteiger partial charge in [-0.2, -0.15) is 0 Å². The predicted octanol–water partition coefficient (Wildman–Crippen LogP) is 5.36. The van der Waals surface area contributed by atoms with Crippen LogP contribution < -0.4 is 5.32 Å². The minimum Gasteiger partial charge on any atom is -0.374 e. The molecule has 0 radical (unpaired) electrons. The summed E-state index contributed by atoms with van der Waals surface area (Å²) in [5.74, 6) is 2.36. The summed E-state index contributed by atoms with van der Waals surface area (Å²) in [6.45, 7) is 8.74. The number of hydrogen-bond acceptors (Lipinski definition) is 4. The predicted molar refractivity (Wildman–Crippen MR) is 133 cm³/mol. The number of fused-ring (bicyclic) bond motifs is 1. The molecular weight excluding hydrogens is 408 g/mol. The summed E-state index contributed by atoms with van der Waals surface area (Å²) < 4.78 is 0. The van der Waals surface area contributed by atoms with Gasteiger partial charge in [-0.3, -0.25) is 9.69 Å². The van der Waals surface area contributed by atoms with Crippen LogP contribution in [0, 0.1) is 23.2 Å². The lowest BCUT2D eigenvalue weighted by atomic mass is 9.79. The fraction of sp³-hybridized carbons (Fsp3) is 0.759. The second kappa shape index (κ2) is 9.09. The van der Waals surface area contributed by atoms with Crippen LogP contribution in [0.5, 0.6) is 0 Å². The number of aliphatic hydroxyl groups is 1. The van der Waals surface area contributed by atoms with E-state index in [2.05, 4.69) is 43.1 Å². The number of hydrogen-bond donors (Lipinski definition) is 2. The van der Waals surface area contributed by atoms with Crippen LogP contribution in [-0.2, 0) is 0 Å². The Morgan fingerprint density at radius 3 is 2.55 bits per heavy atom. The lowest BCUT2D eigenvalue weighted by Gasteiger charge is -2.33. The van der Waals surface area contributed by atoms with Gasteiger partial charge >= 0.3 is 0 Å². The minimum atomic E-state index is -0.604. The molecular formula is C29H44N2O2. The van der Waals surface area contributed by atoms with E-state index in [0.29, 0.717) is 29.3 Å². The zero-order valence-corrected chi connectivity index (χ0v) is 20.9. The summed E-state index contributed by atoms with van der Waals surface area (Å²) in [6.07, 6.45) is 13.1. The third-order valence-corrected chi connectivity index (χ3v) is 9.92. The normalized spacial score (nSPS) is 37.5. The largest absolute Gasteiger partial charge is 0.374 e. The van der Waals surface area contributed by atoms with E-state index >= 15 is 0 Å². The Labute approximate surface area is 200 Å². The Morgan fingerprint density at radius 1 is 1.15 bits per heavy atom. The number of carbonyl (C=O) groups excluding carboxylic acids is 1. The van der Waals surface area contributed by atoms with E-state index in [1.165, 1.54) is 56.9 Å². The first-order valence-electron chi connectivity index (χ1n) is 13.6. The highest BCUT2D eigenvalue weighted by atomic mass is 16.3. The van der Waals surface area contributed by atoms with Crippen LogP contribution >= 0.6 is 0 Å². The zero-order chi connectivity index (χ0) is 23.2. The van der Waals surface area contributed by atoms with Gasteiger partial charge in [0.15, 0.2) is 0 Å². The topological polar surface area (TPSA) is 52.3 Å². The Bertz CT molecular complexity index is 831. The monoisotopic (exact) mass is 452 g/mol. The van der Waals surface area contributed by atoms with Crippen molar-refractivity contribution in [2.24, 2.45) is 23.2 Å². The Hall–Kier alpha value is -1.23. The molecule has 4 fully saturated rings. The van der Waals surface area contributed by atoms with Crippen LogP contribution in [0.4, 0.5) is 0 Å². The highest BCUT2D eigenvalue weighted by Crippen LogP contribution is 2.55. The van der Waals surface area contributed by atoms with Crippen molar-refractivity contribution in [3.8, 4) is 0 Å². The van der Waals surface area contributed by atoms with E-state index in [1.54, 1.807) is 0 Å². The molecule has 182 valence electrons. The van der Waals surface area contributed by atoms with Crippen molar-refractivity contribution in [2.75, 3.05) is 13.1 Å². The molecule has 4 heteroatoms. The molecule has 7 atom stereocenters. The molecule has 2 aliphatic carbocycles. The first-order valence-corrected chi connectivity index (χ1v) is 13.6. The van der Waals surface area contributed by atoms with Crippen LogP contribution in [-0.4, -0.2) is 47.2 Å². The van der Waals surface area contributed by atoms with Gasteiger partial charge in [0.2, 0.25) is 0 Å². The average Bonchev–Trinajstić information content (AvgIpc) is 3.12. The molecule has 2 aliphatic heterocycles. The van der Waals surface area contributed by atoms with Gasteiger partial charge in [-0.1, -0.05) is 70.7 Å². The molecule has 4 aliphatic rings. The molecule has 0 amide bonds. The highest BCUT2D eigenvalue weighted by molar-refractivity contribution is 5.74. The molecule has 2 N–H and O–H groups in total. The van der Waals surface area contributed by atoms with Crippen molar-refractivity contribution >= 4 is 6.29 Å². The van der Waals surface area contributed by atoms with E-state index in [1.807, 2.05) is 12.1 Å². The molecule has 0 bridgehead atoms. The van der Waals surface area contributed by atoms with Gasteiger partial charge in [0, 0.05) is 36.7 Å². The van der Waals surface area contributed by atoms with Gasteiger partial charge in [-0.15, -0.1) is 0 Å². The molecule has 1 aromatic carbocycles. The number of nitrogens with zero attached hydrogens (tertiary/aromatic N) is 1. The third-order valence-electron chi connectivity index (χ3n) is 9.92. The molecule has 33 heavy (non-hydrogen) atoms. The van der Waals surface area contributed by atoms with Crippen LogP contribution in [0.2, 0.25) is 0 Å². The van der Waals surface area contributed by atoms with Crippen molar-refractivity contribution in [1.29, 1.82) is 0 Å². The summed E-state index contributed by atoms with van der Waals surface area (Å²) in [5, 5.41) is 15.4. The van der Waals surface area contributed by atoms with E-state index in [-0.39, 0.29) is 0 Å². The SMILES string of the molecule is CC(C)CCC1CC(NCC2CC(C(C)c3ccc(C=O)cc3)N3CC23O)C2(CCCC2)C1. The molecule has 2 saturated carbocycles. The summed E-state index contributed by atoms with van der Waals surface area (Å²) in [6, 6.07) is 9.02. The number of carbonyl (C=O) groups is 1. The van der Waals surface area contributed by atoms with E-state index < -0.39 is 5.72 Å². The summed E-state index contributed by atoms with van der Waals surface area (Å²) in [4.78, 5) is 13.3. The fourth-order valence-corrected chi connectivity index (χ4v) is 7.80. The van der Waals surface area contributed by atoms with Gasteiger partial charge in [-0.05, 0) is 60.8 Å². The molecule has 1 spiro atoms. The van der Waals surface area contributed by atoms with Crippen LogP contribution in [0.25, 0.3) is 0 Å². The smallest absolute Gasteiger partial charge is 0.150 e. The van der Waals surface area contributed by atoms with Crippen molar-refractivity contribution in [1.82, 2.24) is 10.2 Å². The first kappa shape index (κ1) is 23.5. The lowest BCUT2D eigenvalue weighted by molar-refractivity contribution is 0.0582. The van der Waals surface area contributed by atoms with E-state index in [0.717, 1.165) is 43.2 Å². The van der Waals surface area contributed by atoms with Crippen molar-refractivity contribution in [3.05, 3.63) is 35.4 Å². The van der Waals surface area contributed by atoms with Crippen LogP contribution in [0.15, 0.2) is 24.3 Å². The molecule has 1 aromatic rings. The van der Waals surface area contributed by atoms with Crippen LogP contribution in [0.1, 0.15) is 100 Å². The van der Waals surface area contributed by atoms with Gasteiger partial charge in [0.1, 0.15) is 12.0 Å². The molecule has 2 heterocycles. The van der Waals surface area contributed by atoms with Gasteiger partial charge < -0.3 is 10.4 Å². The second-order valence-corrected chi connectivity index (χ2v) is 12.4. The van der Waals surface area contributed by atoms with E-state index in [9.17, 15) is 9.90 Å². The minimum absolute atomic E-state index is 0.312. The second-order valence-electron chi connectivity index (χ2n) is 12.4. The zero-order valence-electron chi connectivity index (χ0n) is 20.9. The quantitative estimate of drug-likeness (QED) is 0.391.